The molecule has 21 heavy (non-hydrogen) atoms. The van der Waals surface area contributed by atoms with E-state index >= 15 is 0 Å². The highest BCUT2D eigenvalue weighted by atomic mass is 16.5. The van der Waals surface area contributed by atoms with Crippen LogP contribution in [0.1, 0.15) is 35.2 Å². The Labute approximate surface area is 121 Å². The molecule has 0 atom stereocenters. The number of nitrogens with zero attached hydrogens (tertiary/aromatic N) is 2. The van der Waals surface area contributed by atoms with Crippen molar-refractivity contribution in [1.29, 1.82) is 0 Å². The Morgan fingerprint density at radius 2 is 1.90 bits per heavy atom. The van der Waals surface area contributed by atoms with Crippen LogP contribution < -0.4 is 14.8 Å². The van der Waals surface area contributed by atoms with Crippen molar-refractivity contribution in [1.82, 2.24) is 15.2 Å². The highest BCUT2D eigenvalue weighted by molar-refractivity contribution is 6.01. The number of nitrogens with one attached hydrogen (secondary N) is 2. The summed E-state index contributed by atoms with van der Waals surface area (Å²) < 4.78 is 10.3. The van der Waals surface area contributed by atoms with Crippen LogP contribution in [-0.2, 0) is 0 Å². The topological polar surface area (TPSA) is 89.1 Å². The maximum absolute atomic E-state index is 12.1. The van der Waals surface area contributed by atoms with Crippen molar-refractivity contribution in [3.63, 3.8) is 0 Å². The molecule has 1 saturated carbocycles. The minimum Gasteiger partial charge on any atom is -0.497 e. The van der Waals surface area contributed by atoms with E-state index in [4.69, 9.17) is 9.47 Å². The first kappa shape index (κ1) is 13.4. The molecule has 0 aliphatic heterocycles. The van der Waals surface area contributed by atoms with Crippen molar-refractivity contribution in [2.75, 3.05) is 19.5 Å². The summed E-state index contributed by atoms with van der Waals surface area (Å²) >= 11 is 0. The zero-order chi connectivity index (χ0) is 14.8. The Kier molecular flexibility index (Phi) is 3.47. The van der Waals surface area contributed by atoms with Crippen molar-refractivity contribution < 1.29 is 14.3 Å². The number of ether oxygens (including phenoxy) is 2. The minimum absolute atomic E-state index is 0.138. The van der Waals surface area contributed by atoms with Gasteiger partial charge >= 0.3 is 0 Å². The zero-order valence-corrected chi connectivity index (χ0v) is 11.8. The molecule has 0 spiro atoms. The van der Waals surface area contributed by atoms with Crippen LogP contribution in [0.15, 0.2) is 18.2 Å². The Morgan fingerprint density at radius 3 is 2.48 bits per heavy atom. The number of carbonyl (C=O) groups is 1. The molecule has 2 N–H and O–H groups in total. The first-order valence-electron chi connectivity index (χ1n) is 6.66. The number of hydrogen-bond acceptors (Lipinski definition) is 5. The predicted octanol–water partition coefficient (Wildman–Crippen LogP) is 1.95. The third kappa shape index (κ3) is 2.96. The molecule has 7 nitrogen and oxygen atoms in total. The Morgan fingerprint density at radius 1 is 1.24 bits per heavy atom. The fourth-order valence-electron chi connectivity index (χ4n) is 1.98. The van der Waals surface area contributed by atoms with Gasteiger partial charge in [-0.2, -0.15) is 0 Å². The van der Waals surface area contributed by atoms with Crippen LogP contribution in [0.2, 0.25) is 0 Å². The number of aromatic nitrogens is 3. The van der Waals surface area contributed by atoms with Gasteiger partial charge in [-0.1, -0.05) is 0 Å². The quantitative estimate of drug-likeness (QED) is 0.877. The summed E-state index contributed by atoms with van der Waals surface area (Å²) in [6.45, 7) is 0. The zero-order valence-electron chi connectivity index (χ0n) is 11.8. The smallest absolute Gasteiger partial charge is 0.295 e. The van der Waals surface area contributed by atoms with E-state index in [0.29, 0.717) is 23.1 Å². The van der Waals surface area contributed by atoms with Crippen LogP contribution in [0.25, 0.3) is 0 Å². The van der Waals surface area contributed by atoms with Crippen molar-refractivity contribution in [3.8, 4) is 11.5 Å². The van der Waals surface area contributed by atoms with Crippen molar-refractivity contribution in [2.45, 2.75) is 18.8 Å². The van der Waals surface area contributed by atoms with Gasteiger partial charge in [0.25, 0.3) is 5.91 Å². The predicted molar refractivity (Wildman–Crippen MR) is 75.9 cm³/mol. The lowest BCUT2D eigenvalue weighted by Gasteiger charge is -2.08. The average molecular weight is 288 g/mol. The van der Waals surface area contributed by atoms with Crippen LogP contribution in [0, 0.1) is 0 Å². The average Bonchev–Trinajstić information content (AvgIpc) is 3.23. The summed E-state index contributed by atoms with van der Waals surface area (Å²) in [7, 11) is 3.11. The maximum Gasteiger partial charge on any atom is 0.295 e. The monoisotopic (exact) mass is 288 g/mol. The van der Waals surface area contributed by atoms with Crippen LogP contribution in [0.3, 0.4) is 0 Å². The number of benzene rings is 1. The third-order valence-corrected chi connectivity index (χ3v) is 3.28. The first-order valence-corrected chi connectivity index (χ1v) is 6.66. The number of methoxy groups -OCH3 is 2. The number of amides is 1. The SMILES string of the molecule is COc1cc(NC(=O)c2n[nH]c(C3CC3)n2)cc(OC)c1. The van der Waals surface area contributed by atoms with Gasteiger partial charge in [0, 0.05) is 29.8 Å². The second-order valence-electron chi connectivity index (χ2n) is 4.87. The highest BCUT2D eigenvalue weighted by Gasteiger charge is 2.28. The van der Waals surface area contributed by atoms with Crippen LogP contribution in [0.4, 0.5) is 5.69 Å². The van der Waals surface area contributed by atoms with Gasteiger partial charge in [0.1, 0.15) is 17.3 Å². The molecule has 1 heterocycles. The molecule has 1 aliphatic carbocycles. The lowest BCUT2D eigenvalue weighted by Crippen LogP contribution is -2.14. The molecule has 0 unspecified atom stereocenters. The standard InChI is InChI=1S/C14H16N4O3/c1-20-10-5-9(6-11(7-10)21-2)15-14(19)13-16-12(17-18-13)8-3-4-8/h5-8H,3-4H2,1-2H3,(H,15,19)(H,16,17,18). The van der Waals surface area contributed by atoms with Crippen molar-refractivity contribution in [3.05, 3.63) is 29.8 Å². The van der Waals surface area contributed by atoms with Gasteiger partial charge in [-0.25, -0.2) is 4.98 Å². The van der Waals surface area contributed by atoms with Gasteiger partial charge in [-0.3, -0.25) is 9.89 Å². The van der Waals surface area contributed by atoms with E-state index in [2.05, 4.69) is 20.5 Å². The van der Waals surface area contributed by atoms with E-state index in [-0.39, 0.29) is 11.7 Å². The molecule has 1 aliphatic rings. The molecule has 110 valence electrons. The number of aromatic amines is 1. The number of rotatable bonds is 5. The van der Waals surface area contributed by atoms with Gasteiger partial charge in [0.05, 0.1) is 14.2 Å². The molecule has 1 aromatic carbocycles. The highest BCUT2D eigenvalue weighted by Crippen LogP contribution is 2.37. The Balaban J connectivity index is 1.76. The molecule has 0 saturated heterocycles. The largest absolute Gasteiger partial charge is 0.497 e. The van der Waals surface area contributed by atoms with E-state index in [9.17, 15) is 4.79 Å². The van der Waals surface area contributed by atoms with E-state index in [0.717, 1.165) is 18.7 Å². The second-order valence-corrected chi connectivity index (χ2v) is 4.87. The van der Waals surface area contributed by atoms with Gasteiger partial charge in [-0.15, -0.1) is 5.10 Å². The summed E-state index contributed by atoms with van der Waals surface area (Å²) in [5.74, 6) is 2.17. The lowest BCUT2D eigenvalue weighted by atomic mass is 10.2. The van der Waals surface area contributed by atoms with Gasteiger partial charge in [-0.05, 0) is 12.8 Å². The van der Waals surface area contributed by atoms with Gasteiger partial charge in [0.2, 0.25) is 5.82 Å². The molecular weight excluding hydrogens is 272 g/mol. The summed E-state index contributed by atoms with van der Waals surface area (Å²) in [6, 6.07) is 5.14. The molecule has 0 bridgehead atoms. The van der Waals surface area contributed by atoms with Gasteiger partial charge < -0.3 is 14.8 Å². The number of anilines is 1. The Hall–Kier alpha value is -2.57. The van der Waals surface area contributed by atoms with E-state index < -0.39 is 0 Å². The molecule has 0 radical (unpaired) electrons. The first-order chi connectivity index (χ1) is 10.2. The molecule has 1 amide bonds. The molecule has 2 aromatic rings. The van der Waals surface area contributed by atoms with E-state index in [1.165, 1.54) is 0 Å². The summed E-state index contributed by atoms with van der Waals surface area (Å²) in [5.41, 5.74) is 0.564. The van der Waals surface area contributed by atoms with Gasteiger partial charge in [0.15, 0.2) is 0 Å². The Bertz CT molecular complexity index is 642. The number of hydrogen-bond donors (Lipinski definition) is 2. The van der Waals surface area contributed by atoms with Crippen LogP contribution in [0.5, 0.6) is 11.5 Å². The molecule has 7 heteroatoms. The van der Waals surface area contributed by atoms with E-state index in [1.54, 1.807) is 32.4 Å². The minimum atomic E-state index is -0.367. The fraction of sp³-hybridized carbons (Fsp3) is 0.357. The second kappa shape index (κ2) is 5.43. The summed E-state index contributed by atoms with van der Waals surface area (Å²) in [5, 5.41) is 9.49. The van der Waals surface area contributed by atoms with Crippen molar-refractivity contribution in [2.24, 2.45) is 0 Å². The third-order valence-electron chi connectivity index (χ3n) is 3.28. The van der Waals surface area contributed by atoms with Crippen LogP contribution >= 0.6 is 0 Å². The van der Waals surface area contributed by atoms with E-state index in [1.807, 2.05) is 0 Å². The van der Waals surface area contributed by atoms with Crippen molar-refractivity contribution >= 4 is 11.6 Å². The number of H-pyrrole nitrogens is 1. The lowest BCUT2D eigenvalue weighted by molar-refractivity contribution is 0.101. The molecule has 1 fully saturated rings. The molecule has 3 rings (SSSR count). The fourth-order valence-corrected chi connectivity index (χ4v) is 1.98. The van der Waals surface area contributed by atoms with Crippen LogP contribution in [-0.4, -0.2) is 35.3 Å². The molecular formula is C14H16N4O3. The normalized spacial score (nSPS) is 13.8. The number of carbonyl (C=O) groups excluding carboxylic acids is 1. The molecule has 1 aromatic heterocycles. The summed E-state index contributed by atoms with van der Waals surface area (Å²) in [6.07, 6.45) is 2.20. The maximum atomic E-state index is 12.1. The summed E-state index contributed by atoms with van der Waals surface area (Å²) in [4.78, 5) is 16.3.